The summed E-state index contributed by atoms with van der Waals surface area (Å²) in [5.41, 5.74) is 3.53. The number of aromatic nitrogens is 1. The van der Waals surface area contributed by atoms with Crippen molar-refractivity contribution in [1.82, 2.24) is 14.2 Å². The summed E-state index contributed by atoms with van der Waals surface area (Å²) >= 11 is 6.47. The van der Waals surface area contributed by atoms with Crippen LogP contribution in [0.5, 0.6) is 5.75 Å². The van der Waals surface area contributed by atoms with Gasteiger partial charge in [-0.05, 0) is 74.2 Å². The van der Waals surface area contributed by atoms with Crippen LogP contribution in [-0.4, -0.2) is 50.4 Å². The highest BCUT2D eigenvalue weighted by molar-refractivity contribution is 7.88. The Morgan fingerprint density at radius 1 is 1.20 bits per heavy atom. The van der Waals surface area contributed by atoms with E-state index in [1.807, 2.05) is 29.8 Å². The summed E-state index contributed by atoms with van der Waals surface area (Å²) in [5.74, 6) is 0.829. The van der Waals surface area contributed by atoms with E-state index in [1.165, 1.54) is 11.8 Å². The number of sulfonamides is 1. The summed E-state index contributed by atoms with van der Waals surface area (Å²) in [4.78, 5) is 2.42. The molecule has 0 bridgehead atoms. The number of likely N-dealkylation sites (tertiary alicyclic amines) is 1. The van der Waals surface area contributed by atoms with E-state index in [4.69, 9.17) is 16.3 Å². The number of hydrogen-bond donors (Lipinski definition) is 1. The van der Waals surface area contributed by atoms with E-state index >= 15 is 0 Å². The Hall–Kier alpha value is -2.57. The largest absolute Gasteiger partial charge is 0.491 e. The highest BCUT2D eigenvalue weighted by Gasteiger charge is 2.20. The van der Waals surface area contributed by atoms with Crippen LogP contribution in [0.2, 0.25) is 5.02 Å². The predicted molar refractivity (Wildman–Crippen MR) is 140 cm³/mol. The van der Waals surface area contributed by atoms with E-state index < -0.39 is 10.0 Å². The van der Waals surface area contributed by atoms with Gasteiger partial charge in [-0.15, -0.1) is 0 Å². The van der Waals surface area contributed by atoms with Gasteiger partial charge in [0.05, 0.1) is 29.0 Å². The molecule has 2 aromatic carbocycles. The van der Waals surface area contributed by atoms with Gasteiger partial charge in [-0.2, -0.15) is 5.26 Å². The number of benzene rings is 2. The summed E-state index contributed by atoms with van der Waals surface area (Å²) < 4.78 is 33.0. The second-order valence-corrected chi connectivity index (χ2v) is 11.4. The van der Waals surface area contributed by atoms with Gasteiger partial charge in [0.25, 0.3) is 0 Å². The first-order valence-electron chi connectivity index (χ1n) is 11.9. The average Bonchev–Trinajstić information content (AvgIpc) is 3.25. The lowest BCUT2D eigenvalue weighted by Crippen LogP contribution is -2.38. The Labute approximate surface area is 212 Å². The minimum absolute atomic E-state index is 0.390. The quantitative estimate of drug-likeness (QED) is 0.447. The molecule has 186 valence electrons. The van der Waals surface area contributed by atoms with E-state index in [9.17, 15) is 13.7 Å². The molecule has 0 unspecified atom stereocenters. The molecule has 0 aliphatic carbocycles. The molecule has 0 spiro atoms. The molecule has 0 amide bonds. The molecule has 1 aliphatic heterocycles. The number of nitrogens with one attached hydrogen (secondary N) is 1. The number of nitriles is 1. The van der Waals surface area contributed by atoms with Crippen molar-refractivity contribution in [2.45, 2.75) is 32.7 Å². The van der Waals surface area contributed by atoms with E-state index in [0.717, 1.165) is 55.5 Å². The maximum Gasteiger partial charge on any atom is 0.208 e. The van der Waals surface area contributed by atoms with Gasteiger partial charge in [0.2, 0.25) is 10.0 Å². The van der Waals surface area contributed by atoms with Crippen molar-refractivity contribution in [2.24, 2.45) is 5.92 Å². The van der Waals surface area contributed by atoms with Crippen LogP contribution in [0.1, 0.15) is 37.3 Å². The second-order valence-electron chi connectivity index (χ2n) is 9.18. The van der Waals surface area contributed by atoms with Crippen molar-refractivity contribution in [3.05, 3.63) is 58.7 Å². The third-order valence-electron chi connectivity index (χ3n) is 6.38. The molecule has 4 rings (SSSR count). The van der Waals surface area contributed by atoms with Crippen molar-refractivity contribution >= 4 is 32.5 Å². The van der Waals surface area contributed by atoms with Crippen LogP contribution in [0, 0.1) is 17.2 Å². The molecule has 1 fully saturated rings. The Bertz CT molecular complexity index is 1340. The lowest BCUT2D eigenvalue weighted by molar-refractivity contribution is 0.178. The lowest BCUT2D eigenvalue weighted by Gasteiger charge is -2.32. The molecule has 7 nitrogen and oxygen atoms in total. The molecule has 3 aromatic rings. The van der Waals surface area contributed by atoms with Gasteiger partial charge in [0.15, 0.2) is 5.75 Å². The van der Waals surface area contributed by atoms with Crippen molar-refractivity contribution in [2.75, 3.05) is 32.5 Å². The van der Waals surface area contributed by atoms with Crippen LogP contribution in [0.25, 0.3) is 16.6 Å². The smallest absolute Gasteiger partial charge is 0.208 e. The van der Waals surface area contributed by atoms with Crippen LogP contribution in [0.3, 0.4) is 0 Å². The number of ether oxygens (including phenoxy) is 1. The zero-order chi connectivity index (χ0) is 25.0. The zero-order valence-corrected chi connectivity index (χ0v) is 21.7. The average molecular weight is 515 g/mol. The first-order valence-corrected chi connectivity index (χ1v) is 14.2. The summed E-state index contributed by atoms with van der Waals surface area (Å²) in [7, 11) is -3.13. The Kier molecular flexibility index (Phi) is 8.02. The van der Waals surface area contributed by atoms with Crippen LogP contribution in [0.4, 0.5) is 0 Å². The fraction of sp³-hybridized carbons (Fsp3) is 0.423. The van der Waals surface area contributed by atoms with Crippen LogP contribution in [-0.2, 0) is 16.6 Å². The van der Waals surface area contributed by atoms with Gasteiger partial charge in [-0.3, -0.25) is 4.90 Å². The Morgan fingerprint density at radius 2 is 1.97 bits per heavy atom. The molecule has 1 aliphatic rings. The number of rotatable bonds is 9. The first kappa shape index (κ1) is 25.5. The van der Waals surface area contributed by atoms with Crippen LogP contribution in [0.15, 0.2) is 42.6 Å². The molecule has 0 atom stereocenters. The van der Waals surface area contributed by atoms with Crippen molar-refractivity contribution < 1.29 is 13.2 Å². The van der Waals surface area contributed by atoms with Crippen molar-refractivity contribution in [3.63, 3.8) is 0 Å². The third kappa shape index (κ3) is 6.36. The zero-order valence-electron chi connectivity index (χ0n) is 20.1. The van der Waals surface area contributed by atoms with Gasteiger partial charge in [-0.1, -0.05) is 24.6 Å². The summed E-state index contributed by atoms with van der Waals surface area (Å²) in [6.07, 6.45) is 6.02. The van der Waals surface area contributed by atoms with Crippen LogP contribution >= 0.6 is 11.6 Å². The van der Waals surface area contributed by atoms with E-state index in [-0.39, 0.29) is 0 Å². The predicted octanol–water partition coefficient (Wildman–Crippen LogP) is 4.71. The number of piperidine rings is 1. The molecule has 9 heteroatoms. The maximum atomic E-state index is 11.3. The molecule has 1 N–H and O–H groups in total. The number of halogens is 1. The van der Waals surface area contributed by atoms with E-state index in [0.29, 0.717) is 35.4 Å². The topological polar surface area (TPSA) is 87.4 Å². The first-order chi connectivity index (χ1) is 16.8. The minimum atomic E-state index is -3.13. The van der Waals surface area contributed by atoms with Gasteiger partial charge in [-0.25, -0.2) is 13.1 Å². The fourth-order valence-corrected chi connectivity index (χ4v) is 5.35. The third-order valence-corrected chi connectivity index (χ3v) is 7.35. The van der Waals surface area contributed by atoms with E-state index in [1.54, 1.807) is 0 Å². The number of hydrogen-bond acceptors (Lipinski definition) is 5. The standard InChI is InChI=1S/C26H31ClN4O3S/c1-3-12-34-26-22(16-28)14-23(15-24(26)27)31-11-8-21-13-20(4-5-25(21)31)18-30-9-6-19(7-10-30)17-29-35(2,32)33/h4-5,8,11,13-15,19,29H,3,6-7,9-10,12,17-18H2,1-2H3. The van der Waals surface area contributed by atoms with E-state index in [2.05, 4.69) is 40.0 Å². The molecule has 2 heterocycles. The molecular weight excluding hydrogens is 484 g/mol. The highest BCUT2D eigenvalue weighted by atomic mass is 35.5. The maximum absolute atomic E-state index is 11.3. The number of fused-ring (bicyclic) bond motifs is 1. The monoisotopic (exact) mass is 514 g/mol. The summed E-state index contributed by atoms with van der Waals surface area (Å²) in [6, 6.07) is 14.4. The lowest BCUT2D eigenvalue weighted by atomic mass is 9.97. The Morgan fingerprint density at radius 3 is 2.66 bits per heavy atom. The summed E-state index contributed by atoms with van der Waals surface area (Å²) in [6.45, 7) is 5.82. The highest BCUT2D eigenvalue weighted by Crippen LogP contribution is 2.33. The normalized spacial score (nSPS) is 15.4. The van der Waals surface area contributed by atoms with Crippen LogP contribution < -0.4 is 9.46 Å². The van der Waals surface area contributed by atoms with Crippen molar-refractivity contribution in [3.8, 4) is 17.5 Å². The van der Waals surface area contributed by atoms with Gasteiger partial charge >= 0.3 is 0 Å². The van der Waals surface area contributed by atoms with Gasteiger partial charge in [0, 0.05) is 30.4 Å². The molecular formula is C26H31ClN4O3S. The van der Waals surface area contributed by atoms with Gasteiger partial charge in [0.1, 0.15) is 6.07 Å². The molecule has 1 saturated heterocycles. The molecule has 0 radical (unpaired) electrons. The second kappa shape index (κ2) is 11.0. The fourth-order valence-electron chi connectivity index (χ4n) is 4.54. The Balaban J connectivity index is 1.46. The molecule has 35 heavy (non-hydrogen) atoms. The molecule has 0 saturated carbocycles. The van der Waals surface area contributed by atoms with Crippen molar-refractivity contribution in [1.29, 1.82) is 5.26 Å². The minimum Gasteiger partial charge on any atom is -0.491 e. The van der Waals surface area contributed by atoms with Gasteiger partial charge < -0.3 is 9.30 Å². The SMILES string of the molecule is CCCOc1c(Cl)cc(-n2ccc3cc(CN4CCC(CNS(C)(=O)=O)CC4)ccc32)cc1C#N. The molecule has 1 aromatic heterocycles. The number of nitrogens with zero attached hydrogens (tertiary/aromatic N) is 3. The summed E-state index contributed by atoms with van der Waals surface area (Å²) in [5, 5.41) is 11.2.